The first-order chi connectivity index (χ1) is 10.1. The van der Waals surface area contributed by atoms with Gasteiger partial charge in [-0.05, 0) is 44.2 Å². The van der Waals surface area contributed by atoms with Crippen LogP contribution in [0.3, 0.4) is 0 Å². The average molecular weight is 307 g/mol. The van der Waals surface area contributed by atoms with Crippen molar-refractivity contribution >= 4 is 11.3 Å². The van der Waals surface area contributed by atoms with Crippen LogP contribution in [0, 0.1) is 0 Å². The van der Waals surface area contributed by atoms with E-state index in [9.17, 15) is 0 Å². The molecule has 0 spiro atoms. The Morgan fingerprint density at radius 1 is 1.38 bits per heavy atom. The van der Waals surface area contributed by atoms with Crippen molar-refractivity contribution in [1.29, 1.82) is 0 Å². The number of nitrogens with two attached hydrogens (primary N) is 1. The molecule has 3 rings (SSSR count). The van der Waals surface area contributed by atoms with Gasteiger partial charge in [0.2, 0.25) is 0 Å². The zero-order valence-electron chi connectivity index (χ0n) is 12.5. The van der Waals surface area contributed by atoms with Crippen molar-refractivity contribution in [1.82, 2.24) is 10.1 Å². The molecular formula is C15H21N3O2S. The van der Waals surface area contributed by atoms with Crippen molar-refractivity contribution in [2.45, 2.75) is 44.6 Å². The zero-order chi connectivity index (χ0) is 14.9. The van der Waals surface area contributed by atoms with E-state index in [0.29, 0.717) is 18.3 Å². The van der Waals surface area contributed by atoms with Crippen molar-refractivity contribution in [3.8, 4) is 10.8 Å². The highest BCUT2D eigenvalue weighted by atomic mass is 32.1. The SMILES string of the molecule is COCC(C)(N)c1noc(-c2cc3c(s2)CCCCC3)n1. The lowest BCUT2D eigenvalue weighted by atomic mass is 10.1. The van der Waals surface area contributed by atoms with Gasteiger partial charge in [0, 0.05) is 12.0 Å². The lowest BCUT2D eigenvalue weighted by molar-refractivity contribution is 0.135. The van der Waals surface area contributed by atoms with E-state index in [1.165, 1.54) is 36.1 Å². The van der Waals surface area contributed by atoms with Crippen LogP contribution in [0.2, 0.25) is 0 Å². The number of aromatic nitrogens is 2. The van der Waals surface area contributed by atoms with Gasteiger partial charge in [-0.25, -0.2) is 0 Å². The van der Waals surface area contributed by atoms with Gasteiger partial charge in [-0.2, -0.15) is 4.98 Å². The predicted molar refractivity (Wildman–Crippen MR) is 82.3 cm³/mol. The van der Waals surface area contributed by atoms with Crippen LogP contribution < -0.4 is 5.73 Å². The van der Waals surface area contributed by atoms with Gasteiger partial charge in [-0.15, -0.1) is 11.3 Å². The first kappa shape index (κ1) is 14.7. The van der Waals surface area contributed by atoms with E-state index in [1.54, 1.807) is 18.4 Å². The lowest BCUT2D eigenvalue weighted by Gasteiger charge is -2.18. The third-order valence-electron chi connectivity index (χ3n) is 3.84. The number of hydrogen-bond acceptors (Lipinski definition) is 6. The fourth-order valence-electron chi connectivity index (χ4n) is 2.69. The minimum Gasteiger partial charge on any atom is -0.382 e. The molecule has 2 aromatic heterocycles. The maximum atomic E-state index is 6.15. The zero-order valence-corrected chi connectivity index (χ0v) is 13.3. The number of nitrogens with zero attached hydrogens (tertiary/aromatic N) is 2. The summed E-state index contributed by atoms with van der Waals surface area (Å²) in [6.45, 7) is 2.20. The van der Waals surface area contributed by atoms with E-state index in [2.05, 4.69) is 16.2 Å². The second kappa shape index (κ2) is 5.87. The highest BCUT2D eigenvalue weighted by Crippen LogP contribution is 2.34. The Morgan fingerprint density at radius 2 is 2.19 bits per heavy atom. The third kappa shape index (κ3) is 3.02. The predicted octanol–water partition coefficient (Wildman–Crippen LogP) is 2.89. The highest BCUT2D eigenvalue weighted by Gasteiger charge is 2.28. The molecule has 0 fully saturated rings. The standard InChI is InChI=1S/C15H21N3O2S/c1-15(16,9-19-2)14-17-13(20-18-14)12-8-10-6-4-3-5-7-11(10)21-12/h8H,3-7,9,16H2,1-2H3. The van der Waals surface area contributed by atoms with Gasteiger partial charge in [-0.1, -0.05) is 11.6 Å². The molecule has 6 heteroatoms. The summed E-state index contributed by atoms with van der Waals surface area (Å²) in [6.07, 6.45) is 6.19. The molecule has 0 aromatic carbocycles. The van der Waals surface area contributed by atoms with E-state index in [0.717, 1.165) is 11.3 Å². The molecule has 1 atom stereocenters. The van der Waals surface area contributed by atoms with E-state index in [1.807, 2.05) is 6.92 Å². The number of methoxy groups -OCH3 is 1. The second-order valence-corrected chi connectivity index (χ2v) is 7.03. The molecule has 21 heavy (non-hydrogen) atoms. The van der Waals surface area contributed by atoms with Crippen molar-refractivity contribution < 1.29 is 9.26 Å². The van der Waals surface area contributed by atoms with Gasteiger partial charge in [-0.3, -0.25) is 0 Å². The summed E-state index contributed by atoms with van der Waals surface area (Å²) in [5.74, 6) is 1.05. The van der Waals surface area contributed by atoms with Crippen LogP contribution in [0.5, 0.6) is 0 Å². The molecule has 0 amide bonds. The Hall–Kier alpha value is -1.24. The van der Waals surface area contributed by atoms with Gasteiger partial charge in [0.05, 0.1) is 11.5 Å². The van der Waals surface area contributed by atoms with Crippen molar-refractivity contribution in [2.75, 3.05) is 13.7 Å². The van der Waals surface area contributed by atoms with E-state index >= 15 is 0 Å². The van der Waals surface area contributed by atoms with Gasteiger partial charge >= 0.3 is 0 Å². The maximum Gasteiger partial charge on any atom is 0.268 e. The molecule has 0 bridgehead atoms. The molecule has 2 N–H and O–H groups in total. The molecule has 1 aliphatic carbocycles. The molecule has 0 radical (unpaired) electrons. The van der Waals surface area contributed by atoms with Crippen molar-refractivity contribution in [3.05, 3.63) is 22.3 Å². The number of fused-ring (bicyclic) bond motifs is 1. The van der Waals surface area contributed by atoms with Crippen LogP contribution in [0.25, 0.3) is 10.8 Å². The smallest absolute Gasteiger partial charge is 0.268 e. The largest absolute Gasteiger partial charge is 0.382 e. The lowest BCUT2D eigenvalue weighted by Crippen LogP contribution is -2.38. The Balaban J connectivity index is 1.86. The Morgan fingerprint density at radius 3 is 3.00 bits per heavy atom. The first-order valence-corrected chi connectivity index (χ1v) is 8.16. The molecule has 114 valence electrons. The third-order valence-corrected chi connectivity index (χ3v) is 5.06. The fraction of sp³-hybridized carbons (Fsp3) is 0.600. The molecule has 1 unspecified atom stereocenters. The monoisotopic (exact) mass is 307 g/mol. The Kier molecular flexibility index (Phi) is 4.10. The highest BCUT2D eigenvalue weighted by molar-refractivity contribution is 7.15. The van der Waals surface area contributed by atoms with E-state index in [4.69, 9.17) is 15.0 Å². The minimum absolute atomic E-state index is 0.354. The first-order valence-electron chi connectivity index (χ1n) is 7.34. The molecule has 0 saturated heterocycles. The Labute approximate surface area is 128 Å². The van der Waals surface area contributed by atoms with Gasteiger partial charge < -0.3 is 15.0 Å². The van der Waals surface area contributed by atoms with Gasteiger partial charge in [0.25, 0.3) is 5.89 Å². The second-order valence-electron chi connectivity index (χ2n) is 5.89. The van der Waals surface area contributed by atoms with Crippen LogP contribution in [0.15, 0.2) is 10.6 Å². The molecule has 5 nitrogen and oxygen atoms in total. The molecule has 2 aromatic rings. The van der Waals surface area contributed by atoms with Crippen molar-refractivity contribution in [2.24, 2.45) is 5.73 Å². The molecule has 0 aliphatic heterocycles. The van der Waals surface area contributed by atoms with Crippen LogP contribution >= 0.6 is 11.3 Å². The summed E-state index contributed by atoms with van der Waals surface area (Å²) in [5.41, 5.74) is 6.86. The number of aryl methyl sites for hydroxylation is 2. The van der Waals surface area contributed by atoms with Crippen molar-refractivity contribution in [3.63, 3.8) is 0 Å². The summed E-state index contributed by atoms with van der Waals surface area (Å²) >= 11 is 1.77. The molecular weight excluding hydrogens is 286 g/mol. The van der Waals surface area contributed by atoms with E-state index in [-0.39, 0.29) is 0 Å². The Bertz CT molecular complexity index is 595. The normalized spacial score (nSPS) is 18.0. The number of hydrogen-bond donors (Lipinski definition) is 1. The fourth-order valence-corrected chi connectivity index (χ4v) is 3.87. The molecule has 0 saturated carbocycles. The quantitative estimate of drug-likeness (QED) is 0.879. The van der Waals surface area contributed by atoms with Crippen LogP contribution in [-0.4, -0.2) is 23.9 Å². The number of thiophene rings is 1. The maximum absolute atomic E-state index is 6.15. The van der Waals surface area contributed by atoms with Gasteiger partial charge in [0.15, 0.2) is 5.82 Å². The van der Waals surface area contributed by atoms with Crippen LogP contribution in [0.1, 0.15) is 42.5 Å². The van der Waals surface area contributed by atoms with Gasteiger partial charge in [0.1, 0.15) is 5.54 Å². The average Bonchev–Trinajstić information content (AvgIpc) is 3.02. The van der Waals surface area contributed by atoms with E-state index < -0.39 is 5.54 Å². The summed E-state index contributed by atoms with van der Waals surface area (Å²) in [7, 11) is 1.61. The van der Waals surface area contributed by atoms with Crippen LogP contribution in [-0.2, 0) is 23.1 Å². The molecule has 2 heterocycles. The molecule has 1 aliphatic rings. The minimum atomic E-state index is -0.731. The summed E-state index contributed by atoms with van der Waals surface area (Å²) in [5, 5.41) is 4.02. The summed E-state index contributed by atoms with van der Waals surface area (Å²) in [6, 6.07) is 2.20. The number of rotatable bonds is 4. The topological polar surface area (TPSA) is 74.2 Å². The number of ether oxygens (including phenoxy) is 1. The summed E-state index contributed by atoms with van der Waals surface area (Å²) in [4.78, 5) is 6.98. The van der Waals surface area contributed by atoms with Crippen LogP contribution in [0.4, 0.5) is 0 Å². The summed E-state index contributed by atoms with van der Waals surface area (Å²) < 4.78 is 10.5.